The van der Waals surface area contributed by atoms with E-state index in [0.717, 1.165) is 16.9 Å². The van der Waals surface area contributed by atoms with Crippen LogP contribution in [0.15, 0.2) is 36.7 Å². The van der Waals surface area contributed by atoms with Crippen molar-refractivity contribution in [2.75, 3.05) is 25.5 Å². The van der Waals surface area contributed by atoms with Gasteiger partial charge in [0.15, 0.2) is 0 Å². The smallest absolute Gasteiger partial charge is 0.419 e. The molecular formula is C16H21N5O3. The average molecular weight is 331 g/mol. The van der Waals surface area contributed by atoms with Gasteiger partial charge < -0.3 is 15.2 Å². The summed E-state index contributed by atoms with van der Waals surface area (Å²) in [7, 11) is 1.59. The van der Waals surface area contributed by atoms with Crippen LogP contribution < -0.4 is 20.9 Å². The third-order valence-electron chi connectivity index (χ3n) is 3.32. The van der Waals surface area contributed by atoms with E-state index in [1.165, 1.54) is 0 Å². The summed E-state index contributed by atoms with van der Waals surface area (Å²) in [5.41, 5.74) is 6.56. The first-order valence-corrected chi connectivity index (χ1v) is 7.51. The molecule has 4 N–H and O–H groups in total. The number of nitrogens with one attached hydrogen (secondary N) is 3. The first-order chi connectivity index (χ1) is 11.6. The van der Waals surface area contributed by atoms with Gasteiger partial charge in [-0.3, -0.25) is 5.43 Å². The zero-order valence-corrected chi connectivity index (χ0v) is 13.6. The number of carbonyl (C=O) groups is 1. The fourth-order valence-electron chi connectivity index (χ4n) is 2.08. The second-order valence-corrected chi connectivity index (χ2v) is 5.29. The quantitative estimate of drug-likeness (QED) is 0.548. The molecule has 2 rings (SSSR count). The highest BCUT2D eigenvalue weighted by molar-refractivity contribution is 5.68. The van der Waals surface area contributed by atoms with Crippen molar-refractivity contribution in [1.82, 2.24) is 20.8 Å². The van der Waals surface area contributed by atoms with E-state index >= 15 is 0 Å². The Hall–Kier alpha value is -2.87. The molecule has 1 atom stereocenters. The zero-order valence-electron chi connectivity index (χ0n) is 13.6. The van der Waals surface area contributed by atoms with Crippen LogP contribution in [-0.4, -0.2) is 41.4 Å². The minimum absolute atomic E-state index is 0.219. The molecule has 0 aliphatic heterocycles. The molecule has 2 heterocycles. The van der Waals surface area contributed by atoms with Crippen LogP contribution in [-0.2, 0) is 0 Å². The van der Waals surface area contributed by atoms with Crippen LogP contribution in [0.25, 0.3) is 11.1 Å². The highest BCUT2D eigenvalue weighted by Gasteiger charge is 2.07. The van der Waals surface area contributed by atoms with E-state index in [1.807, 2.05) is 31.2 Å². The van der Waals surface area contributed by atoms with Crippen LogP contribution in [0.1, 0.15) is 6.92 Å². The monoisotopic (exact) mass is 331 g/mol. The van der Waals surface area contributed by atoms with Gasteiger partial charge in [-0.15, -0.1) is 0 Å². The Balaban J connectivity index is 1.89. The Kier molecular flexibility index (Phi) is 6.32. The lowest BCUT2D eigenvalue weighted by Gasteiger charge is -2.14. The van der Waals surface area contributed by atoms with Gasteiger partial charge in [-0.25, -0.2) is 20.2 Å². The molecule has 1 unspecified atom stereocenters. The van der Waals surface area contributed by atoms with Gasteiger partial charge in [-0.1, -0.05) is 6.92 Å². The molecule has 128 valence electrons. The van der Waals surface area contributed by atoms with E-state index in [9.17, 15) is 4.79 Å². The lowest BCUT2D eigenvalue weighted by Crippen LogP contribution is -2.40. The summed E-state index contributed by atoms with van der Waals surface area (Å²) in [6, 6.07) is 7.62. The summed E-state index contributed by atoms with van der Waals surface area (Å²) >= 11 is 0. The molecule has 0 bridgehead atoms. The number of anilines is 1. The van der Waals surface area contributed by atoms with Gasteiger partial charge in [0.05, 0.1) is 7.11 Å². The molecular weight excluding hydrogens is 310 g/mol. The Morgan fingerprint density at radius 3 is 2.79 bits per heavy atom. The fourth-order valence-corrected chi connectivity index (χ4v) is 2.08. The number of hydrogen-bond acceptors (Lipinski definition) is 6. The Morgan fingerprint density at radius 2 is 2.12 bits per heavy atom. The second kappa shape index (κ2) is 8.68. The van der Waals surface area contributed by atoms with Crippen molar-refractivity contribution in [3.05, 3.63) is 36.7 Å². The van der Waals surface area contributed by atoms with Gasteiger partial charge in [0, 0.05) is 36.6 Å². The number of ether oxygens (including phenoxy) is 1. The van der Waals surface area contributed by atoms with Crippen LogP contribution in [0.5, 0.6) is 5.88 Å². The predicted octanol–water partition coefficient (Wildman–Crippen LogP) is 1.97. The third-order valence-corrected chi connectivity index (χ3v) is 3.32. The Labute approximate surface area is 140 Å². The van der Waals surface area contributed by atoms with E-state index in [2.05, 4.69) is 26.1 Å². The summed E-state index contributed by atoms with van der Waals surface area (Å²) in [5, 5.41) is 11.7. The standard InChI is InChI=1S/C16H21N5O3/c1-11(9-20-21-16(22)23)8-18-14-6-5-12(10-19-14)13-4-3-7-17-15(13)24-2/h3-7,10-11,20-21H,8-9H2,1-2H3,(H,18,19)(H,22,23). The molecule has 0 aromatic carbocycles. The number of hydrogen-bond donors (Lipinski definition) is 4. The maximum Gasteiger partial charge on any atom is 0.419 e. The van der Waals surface area contributed by atoms with Crippen LogP contribution in [0, 0.1) is 5.92 Å². The van der Waals surface area contributed by atoms with Gasteiger partial charge in [0.2, 0.25) is 5.88 Å². The van der Waals surface area contributed by atoms with E-state index in [1.54, 1.807) is 19.5 Å². The number of hydrazine groups is 1. The number of nitrogens with zero attached hydrogens (tertiary/aromatic N) is 2. The van der Waals surface area contributed by atoms with Crippen molar-refractivity contribution in [2.45, 2.75) is 6.92 Å². The number of carboxylic acid groups (broad SMARTS) is 1. The maximum absolute atomic E-state index is 10.3. The highest BCUT2D eigenvalue weighted by Crippen LogP contribution is 2.27. The molecule has 0 aliphatic rings. The summed E-state index contributed by atoms with van der Waals surface area (Å²) in [6.07, 6.45) is 2.34. The zero-order chi connectivity index (χ0) is 17.4. The van der Waals surface area contributed by atoms with Gasteiger partial charge >= 0.3 is 6.09 Å². The average Bonchev–Trinajstić information content (AvgIpc) is 2.60. The molecule has 0 radical (unpaired) electrons. The van der Waals surface area contributed by atoms with Crippen molar-refractivity contribution < 1.29 is 14.6 Å². The maximum atomic E-state index is 10.3. The SMILES string of the molecule is COc1ncccc1-c1ccc(NCC(C)CNNC(=O)O)nc1. The van der Waals surface area contributed by atoms with Gasteiger partial charge in [0.25, 0.3) is 0 Å². The number of methoxy groups -OCH3 is 1. The summed E-state index contributed by atoms with van der Waals surface area (Å²) < 4.78 is 5.25. The molecule has 8 nitrogen and oxygen atoms in total. The molecule has 8 heteroatoms. The second-order valence-electron chi connectivity index (χ2n) is 5.29. The number of amides is 1. The lowest BCUT2D eigenvalue weighted by molar-refractivity contribution is 0.188. The van der Waals surface area contributed by atoms with E-state index in [4.69, 9.17) is 9.84 Å². The van der Waals surface area contributed by atoms with Crippen LogP contribution in [0.3, 0.4) is 0 Å². The van der Waals surface area contributed by atoms with Crippen LogP contribution in [0.4, 0.5) is 10.6 Å². The molecule has 2 aromatic rings. The Morgan fingerprint density at radius 1 is 1.29 bits per heavy atom. The molecule has 2 aromatic heterocycles. The van der Waals surface area contributed by atoms with Gasteiger partial charge in [-0.05, 0) is 30.2 Å². The molecule has 0 fully saturated rings. The van der Waals surface area contributed by atoms with E-state index < -0.39 is 6.09 Å². The summed E-state index contributed by atoms with van der Waals surface area (Å²) in [5.74, 6) is 1.53. The van der Waals surface area contributed by atoms with Crippen LogP contribution in [0.2, 0.25) is 0 Å². The number of aromatic nitrogens is 2. The Bertz CT molecular complexity index is 663. The molecule has 0 saturated carbocycles. The molecule has 1 amide bonds. The van der Waals surface area contributed by atoms with Crippen molar-refractivity contribution in [1.29, 1.82) is 0 Å². The minimum atomic E-state index is -1.10. The fraction of sp³-hybridized carbons (Fsp3) is 0.312. The lowest BCUT2D eigenvalue weighted by atomic mass is 10.1. The summed E-state index contributed by atoms with van der Waals surface area (Å²) in [4.78, 5) is 18.9. The molecule has 0 aliphatic carbocycles. The molecule has 24 heavy (non-hydrogen) atoms. The minimum Gasteiger partial charge on any atom is -0.481 e. The summed E-state index contributed by atoms with van der Waals surface area (Å²) in [6.45, 7) is 3.18. The van der Waals surface area contributed by atoms with E-state index in [-0.39, 0.29) is 5.92 Å². The molecule has 0 saturated heterocycles. The van der Waals surface area contributed by atoms with Gasteiger partial charge in [-0.2, -0.15) is 0 Å². The first kappa shape index (κ1) is 17.5. The third kappa shape index (κ3) is 5.10. The first-order valence-electron chi connectivity index (χ1n) is 7.51. The van der Waals surface area contributed by atoms with Crippen molar-refractivity contribution >= 4 is 11.9 Å². The largest absolute Gasteiger partial charge is 0.481 e. The normalized spacial score (nSPS) is 11.6. The van der Waals surface area contributed by atoms with E-state index in [0.29, 0.717) is 19.0 Å². The van der Waals surface area contributed by atoms with Crippen LogP contribution >= 0.6 is 0 Å². The predicted molar refractivity (Wildman–Crippen MR) is 90.8 cm³/mol. The number of rotatable bonds is 8. The topological polar surface area (TPSA) is 108 Å². The van der Waals surface area contributed by atoms with Crippen molar-refractivity contribution in [2.24, 2.45) is 5.92 Å². The highest BCUT2D eigenvalue weighted by atomic mass is 16.5. The van der Waals surface area contributed by atoms with Gasteiger partial charge in [0.1, 0.15) is 5.82 Å². The van der Waals surface area contributed by atoms with Crippen molar-refractivity contribution in [3.63, 3.8) is 0 Å². The number of pyridine rings is 2. The molecule has 0 spiro atoms. The van der Waals surface area contributed by atoms with Crippen molar-refractivity contribution in [3.8, 4) is 17.0 Å².